The second-order valence-electron chi connectivity index (χ2n) is 8.44. The van der Waals surface area contributed by atoms with Gasteiger partial charge in [-0.25, -0.2) is 9.97 Å². The largest absolute Gasteiger partial charge is 0.382 e. The standard InChI is InChI=1S/C24H28N10O2/c1-5-13(2)27-19-10-11-20-31-32-23(34(20)33-19)14(3)28-24(36)21-22(25)26-12-18(30-21)16-6-8-17(9-7-16)29-15(4)35/h6-14H,5H2,1-4H3,(H2,25,26)(H,27,33)(H,28,36)(H,29,35)/t13?,14-/m1/s1. The Morgan fingerprint density at radius 3 is 2.53 bits per heavy atom. The van der Waals surface area contributed by atoms with Crippen LogP contribution in [0.4, 0.5) is 17.3 Å². The quantitative estimate of drug-likeness (QED) is 0.292. The van der Waals surface area contributed by atoms with Crippen LogP contribution < -0.4 is 21.7 Å². The van der Waals surface area contributed by atoms with Crippen molar-refractivity contribution in [3.05, 3.63) is 54.1 Å². The monoisotopic (exact) mass is 488 g/mol. The number of nitrogens with one attached hydrogen (secondary N) is 3. The molecule has 0 aliphatic heterocycles. The molecule has 0 saturated heterocycles. The van der Waals surface area contributed by atoms with Gasteiger partial charge in [-0.2, -0.15) is 4.52 Å². The van der Waals surface area contributed by atoms with Crippen LogP contribution in [0.3, 0.4) is 0 Å². The van der Waals surface area contributed by atoms with Crippen LogP contribution in [0.5, 0.6) is 0 Å². The average molecular weight is 489 g/mol. The zero-order chi connectivity index (χ0) is 25.8. The smallest absolute Gasteiger partial charge is 0.274 e. The first-order valence-electron chi connectivity index (χ1n) is 11.6. The van der Waals surface area contributed by atoms with Gasteiger partial charge in [0.2, 0.25) is 5.91 Å². The second kappa shape index (κ2) is 10.3. The Morgan fingerprint density at radius 1 is 1.08 bits per heavy atom. The van der Waals surface area contributed by atoms with Crippen LogP contribution in [-0.2, 0) is 4.79 Å². The van der Waals surface area contributed by atoms with Crippen molar-refractivity contribution in [2.75, 3.05) is 16.4 Å². The SMILES string of the molecule is CCC(C)Nc1ccc2nnc([C@@H](C)NC(=O)c3nc(-c4ccc(NC(C)=O)cc4)cnc3N)n2n1. The molecule has 0 aliphatic carbocycles. The van der Waals surface area contributed by atoms with Crippen LogP contribution in [0.2, 0.25) is 0 Å². The molecule has 3 aromatic heterocycles. The van der Waals surface area contributed by atoms with Crippen LogP contribution in [0.1, 0.15) is 56.5 Å². The van der Waals surface area contributed by atoms with E-state index in [9.17, 15) is 9.59 Å². The molecule has 1 unspecified atom stereocenters. The van der Waals surface area contributed by atoms with Gasteiger partial charge in [-0.15, -0.1) is 15.3 Å². The molecule has 0 bridgehead atoms. The van der Waals surface area contributed by atoms with Gasteiger partial charge in [-0.3, -0.25) is 9.59 Å². The number of nitrogen functional groups attached to an aromatic ring is 1. The maximum absolute atomic E-state index is 13.1. The Balaban J connectivity index is 1.54. The zero-order valence-corrected chi connectivity index (χ0v) is 20.5. The minimum atomic E-state index is -0.541. The number of anilines is 3. The van der Waals surface area contributed by atoms with Gasteiger partial charge in [-0.05, 0) is 44.5 Å². The molecule has 4 rings (SSSR count). The van der Waals surface area contributed by atoms with E-state index in [1.807, 2.05) is 12.1 Å². The molecule has 36 heavy (non-hydrogen) atoms. The van der Waals surface area contributed by atoms with Crippen molar-refractivity contribution in [2.24, 2.45) is 0 Å². The molecule has 0 spiro atoms. The Labute approximate surface area is 207 Å². The first kappa shape index (κ1) is 24.5. The van der Waals surface area contributed by atoms with E-state index in [0.717, 1.165) is 6.42 Å². The molecule has 5 N–H and O–H groups in total. The van der Waals surface area contributed by atoms with Crippen molar-refractivity contribution in [2.45, 2.75) is 46.2 Å². The van der Waals surface area contributed by atoms with Crippen molar-refractivity contribution in [3.63, 3.8) is 0 Å². The third kappa shape index (κ3) is 5.37. The van der Waals surface area contributed by atoms with Gasteiger partial charge in [0.15, 0.2) is 23.0 Å². The molecule has 0 saturated carbocycles. The number of fused-ring (bicyclic) bond motifs is 1. The normalized spacial score (nSPS) is 12.7. The Kier molecular flexibility index (Phi) is 7.04. The molecule has 0 fully saturated rings. The summed E-state index contributed by atoms with van der Waals surface area (Å²) in [6, 6.07) is 10.4. The van der Waals surface area contributed by atoms with E-state index in [0.29, 0.717) is 34.2 Å². The van der Waals surface area contributed by atoms with Gasteiger partial charge in [0.1, 0.15) is 5.82 Å². The van der Waals surface area contributed by atoms with Gasteiger partial charge in [0.25, 0.3) is 5.91 Å². The fourth-order valence-electron chi connectivity index (χ4n) is 3.47. The molecule has 4 aromatic rings. The number of nitrogens with zero attached hydrogens (tertiary/aromatic N) is 6. The lowest BCUT2D eigenvalue weighted by Crippen LogP contribution is -2.30. The second-order valence-corrected chi connectivity index (χ2v) is 8.44. The van der Waals surface area contributed by atoms with Crippen LogP contribution in [0, 0.1) is 0 Å². The molecule has 12 nitrogen and oxygen atoms in total. The van der Waals surface area contributed by atoms with Gasteiger partial charge >= 0.3 is 0 Å². The molecule has 0 radical (unpaired) electrons. The highest BCUT2D eigenvalue weighted by Gasteiger charge is 2.21. The van der Waals surface area contributed by atoms with E-state index in [-0.39, 0.29) is 23.5 Å². The lowest BCUT2D eigenvalue weighted by molar-refractivity contribution is -0.114. The molecule has 12 heteroatoms. The minimum absolute atomic E-state index is 0.00239. The number of carbonyl (C=O) groups excluding carboxylic acids is 2. The van der Waals surface area contributed by atoms with Crippen molar-refractivity contribution in [3.8, 4) is 11.3 Å². The van der Waals surface area contributed by atoms with E-state index in [2.05, 4.69) is 55.1 Å². The highest BCUT2D eigenvalue weighted by atomic mass is 16.2. The van der Waals surface area contributed by atoms with E-state index < -0.39 is 11.9 Å². The summed E-state index contributed by atoms with van der Waals surface area (Å²) in [6.07, 6.45) is 2.44. The van der Waals surface area contributed by atoms with Crippen molar-refractivity contribution in [1.82, 2.24) is 35.1 Å². The van der Waals surface area contributed by atoms with Crippen LogP contribution >= 0.6 is 0 Å². The molecule has 186 valence electrons. The van der Waals surface area contributed by atoms with Gasteiger partial charge in [0.05, 0.1) is 17.9 Å². The number of amides is 2. The molecule has 2 atom stereocenters. The summed E-state index contributed by atoms with van der Waals surface area (Å²) in [5, 5.41) is 21.8. The van der Waals surface area contributed by atoms with Crippen LogP contribution in [0.25, 0.3) is 16.9 Å². The number of nitrogens with two attached hydrogens (primary N) is 1. The highest BCUT2D eigenvalue weighted by molar-refractivity contribution is 5.97. The van der Waals surface area contributed by atoms with Crippen molar-refractivity contribution in [1.29, 1.82) is 0 Å². The number of hydrogen-bond acceptors (Lipinski definition) is 9. The van der Waals surface area contributed by atoms with E-state index in [4.69, 9.17) is 5.73 Å². The summed E-state index contributed by atoms with van der Waals surface area (Å²) in [4.78, 5) is 32.9. The van der Waals surface area contributed by atoms with E-state index in [1.165, 1.54) is 13.1 Å². The molecular weight excluding hydrogens is 460 g/mol. The van der Waals surface area contributed by atoms with E-state index >= 15 is 0 Å². The summed E-state index contributed by atoms with van der Waals surface area (Å²) in [5.74, 6) is 0.477. The molecule has 0 aliphatic rings. The van der Waals surface area contributed by atoms with Crippen LogP contribution in [-0.4, -0.2) is 47.6 Å². The number of aromatic nitrogens is 6. The van der Waals surface area contributed by atoms with Gasteiger partial charge < -0.3 is 21.7 Å². The van der Waals surface area contributed by atoms with Gasteiger partial charge in [0, 0.05) is 24.2 Å². The van der Waals surface area contributed by atoms with Crippen LogP contribution in [0.15, 0.2) is 42.6 Å². The molecule has 2 amide bonds. The number of hydrogen-bond donors (Lipinski definition) is 4. The number of benzene rings is 1. The zero-order valence-electron chi connectivity index (χ0n) is 20.5. The average Bonchev–Trinajstić information content (AvgIpc) is 3.28. The lowest BCUT2D eigenvalue weighted by Gasteiger charge is -2.14. The predicted molar refractivity (Wildman–Crippen MR) is 136 cm³/mol. The van der Waals surface area contributed by atoms with Crippen molar-refractivity contribution < 1.29 is 9.59 Å². The molecule has 1 aromatic carbocycles. The third-order valence-corrected chi connectivity index (χ3v) is 5.55. The topological polar surface area (TPSA) is 165 Å². The Morgan fingerprint density at radius 2 is 1.83 bits per heavy atom. The van der Waals surface area contributed by atoms with Gasteiger partial charge in [-0.1, -0.05) is 19.1 Å². The maximum atomic E-state index is 13.1. The summed E-state index contributed by atoms with van der Waals surface area (Å²) in [6.45, 7) is 7.37. The predicted octanol–water partition coefficient (Wildman–Crippen LogP) is 2.82. The minimum Gasteiger partial charge on any atom is -0.382 e. The maximum Gasteiger partial charge on any atom is 0.274 e. The number of carbonyl (C=O) groups is 2. The number of rotatable bonds is 8. The lowest BCUT2D eigenvalue weighted by atomic mass is 10.1. The highest BCUT2D eigenvalue weighted by Crippen LogP contribution is 2.22. The summed E-state index contributed by atoms with van der Waals surface area (Å²) in [7, 11) is 0. The fraction of sp³-hybridized carbons (Fsp3) is 0.292. The Bertz CT molecular complexity index is 1400. The summed E-state index contributed by atoms with van der Waals surface area (Å²) >= 11 is 0. The molecule has 3 heterocycles. The fourth-order valence-corrected chi connectivity index (χ4v) is 3.47. The molecular formula is C24H28N10O2. The first-order chi connectivity index (χ1) is 17.2. The Hall–Kier alpha value is -4.61. The summed E-state index contributed by atoms with van der Waals surface area (Å²) < 4.78 is 1.59. The summed E-state index contributed by atoms with van der Waals surface area (Å²) in [5.41, 5.74) is 8.36. The third-order valence-electron chi connectivity index (χ3n) is 5.55. The first-order valence-corrected chi connectivity index (χ1v) is 11.6. The van der Waals surface area contributed by atoms with Crippen molar-refractivity contribution >= 4 is 34.8 Å². The van der Waals surface area contributed by atoms with E-state index in [1.54, 1.807) is 35.7 Å².